The Morgan fingerprint density at radius 1 is 0.955 bits per heavy atom. The molecule has 0 radical (unpaired) electrons. The van der Waals surface area contributed by atoms with Crippen LogP contribution in [-0.2, 0) is 0 Å². The van der Waals surface area contributed by atoms with Gasteiger partial charge < -0.3 is 0 Å². The number of hydrogen-bond acceptors (Lipinski definition) is 3. The van der Waals surface area contributed by atoms with Crippen LogP contribution in [0.25, 0.3) is 28.0 Å². The van der Waals surface area contributed by atoms with Crippen molar-refractivity contribution in [2.45, 2.75) is 0 Å². The van der Waals surface area contributed by atoms with Gasteiger partial charge in [-0.05, 0) is 42.5 Å². The zero-order valence-corrected chi connectivity index (χ0v) is 12.3. The summed E-state index contributed by atoms with van der Waals surface area (Å²) in [5.74, 6) is 0.868. The highest BCUT2D eigenvalue weighted by Crippen LogP contribution is 2.24. The van der Waals surface area contributed by atoms with Crippen molar-refractivity contribution in [2.24, 2.45) is 0 Å². The van der Waals surface area contributed by atoms with Gasteiger partial charge in [-0.15, -0.1) is 0 Å². The van der Waals surface area contributed by atoms with E-state index in [4.69, 9.17) is 11.6 Å². The Morgan fingerprint density at radius 3 is 2.68 bits per heavy atom. The first-order valence-electron chi connectivity index (χ1n) is 6.81. The van der Waals surface area contributed by atoms with E-state index in [0.29, 0.717) is 5.02 Å². The van der Waals surface area contributed by atoms with Crippen molar-refractivity contribution >= 4 is 22.5 Å². The van der Waals surface area contributed by atoms with Gasteiger partial charge in [-0.2, -0.15) is 0 Å². The highest BCUT2D eigenvalue weighted by Gasteiger charge is 2.08. The Morgan fingerprint density at radius 2 is 1.82 bits per heavy atom. The van der Waals surface area contributed by atoms with Gasteiger partial charge in [-0.1, -0.05) is 11.6 Å². The molecule has 5 heteroatoms. The summed E-state index contributed by atoms with van der Waals surface area (Å²) < 4.78 is 2.04. The maximum Gasteiger partial charge on any atom is 0.144 e. The molecule has 0 fully saturated rings. The molecular formula is C17H11ClN4. The molecule has 0 N–H and O–H groups in total. The van der Waals surface area contributed by atoms with Crippen LogP contribution in [0.4, 0.5) is 0 Å². The van der Waals surface area contributed by atoms with Crippen LogP contribution in [0.5, 0.6) is 0 Å². The molecule has 22 heavy (non-hydrogen) atoms. The van der Waals surface area contributed by atoms with Gasteiger partial charge in [0, 0.05) is 40.3 Å². The van der Waals surface area contributed by atoms with E-state index in [2.05, 4.69) is 21.0 Å². The summed E-state index contributed by atoms with van der Waals surface area (Å²) in [6.45, 7) is 0. The lowest BCUT2D eigenvalue weighted by atomic mass is 10.2. The molecule has 0 amide bonds. The number of fused-ring (bicyclic) bond motifs is 1. The van der Waals surface area contributed by atoms with Gasteiger partial charge >= 0.3 is 0 Å². The molecule has 4 rings (SSSR count). The van der Waals surface area contributed by atoms with Crippen LogP contribution in [0, 0.1) is 0 Å². The summed E-state index contributed by atoms with van der Waals surface area (Å²) in [6, 6.07) is 13.7. The Bertz CT molecular complexity index is 944. The fourth-order valence-electron chi connectivity index (χ4n) is 2.45. The van der Waals surface area contributed by atoms with Gasteiger partial charge in [0.2, 0.25) is 0 Å². The zero-order valence-electron chi connectivity index (χ0n) is 11.5. The summed E-state index contributed by atoms with van der Waals surface area (Å²) in [5.41, 5.74) is 2.95. The normalized spacial score (nSPS) is 11.0. The fourth-order valence-corrected chi connectivity index (χ4v) is 2.57. The first-order valence-corrected chi connectivity index (χ1v) is 7.18. The van der Waals surface area contributed by atoms with Crippen molar-refractivity contribution in [2.75, 3.05) is 0 Å². The van der Waals surface area contributed by atoms with Crippen LogP contribution in [0.1, 0.15) is 0 Å². The van der Waals surface area contributed by atoms with E-state index in [-0.39, 0.29) is 0 Å². The number of hydrogen-bond donors (Lipinski definition) is 0. The Hall–Kier alpha value is -2.72. The van der Waals surface area contributed by atoms with Crippen molar-refractivity contribution < 1.29 is 0 Å². The molecule has 0 aliphatic heterocycles. The molecule has 0 atom stereocenters. The van der Waals surface area contributed by atoms with E-state index >= 15 is 0 Å². The molecule has 2 aromatic heterocycles. The minimum atomic E-state index is 0.713. The van der Waals surface area contributed by atoms with E-state index in [1.807, 2.05) is 53.4 Å². The minimum Gasteiger partial charge on any atom is -0.300 e. The van der Waals surface area contributed by atoms with Gasteiger partial charge in [0.15, 0.2) is 0 Å². The number of imidazole rings is 1. The van der Waals surface area contributed by atoms with Crippen molar-refractivity contribution in [3.05, 3.63) is 72.4 Å². The third kappa shape index (κ3) is 2.23. The van der Waals surface area contributed by atoms with Crippen LogP contribution in [0.3, 0.4) is 0 Å². The monoisotopic (exact) mass is 306 g/mol. The average molecular weight is 307 g/mol. The van der Waals surface area contributed by atoms with E-state index in [1.165, 1.54) is 0 Å². The molecule has 0 bridgehead atoms. The summed E-state index contributed by atoms with van der Waals surface area (Å²) in [7, 11) is 0. The zero-order chi connectivity index (χ0) is 14.9. The van der Waals surface area contributed by atoms with Crippen molar-refractivity contribution in [1.29, 1.82) is 0 Å². The third-order valence-electron chi connectivity index (χ3n) is 3.51. The predicted molar refractivity (Wildman–Crippen MR) is 87.1 cm³/mol. The standard InChI is InChI=1S/C17H11ClN4/c18-14-3-1-12(2-4-14)17-20-7-8-22(17)15-5-6-16-13(9-15)10-19-11-21-16/h1-11H. The molecule has 0 aliphatic rings. The molecule has 0 unspecified atom stereocenters. The first-order chi connectivity index (χ1) is 10.8. The van der Waals surface area contributed by atoms with E-state index in [0.717, 1.165) is 28.0 Å². The number of aromatic nitrogens is 4. The average Bonchev–Trinajstić information content (AvgIpc) is 3.05. The van der Waals surface area contributed by atoms with Crippen LogP contribution < -0.4 is 0 Å². The van der Waals surface area contributed by atoms with Crippen LogP contribution >= 0.6 is 11.6 Å². The molecule has 4 aromatic rings. The Balaban J connectivity index is 1.85. The van der Waals surface area contributed by atoms with E-state index in [1.54, 1.807) is 12.5 Å². The van der Waals surface area contributed by atoms with Gasteiger partial charge in [0.25, 0.3) is 0 Å². The molecule has 0 saturated carbocycles. The van der Waals surface area contributed by atoms with Gasteiger partial charge in [-0.25, -0.2) is 15.0 Å². The van der Waals surface area contributed by atoms with Gasteiger partial charge in [-0.3, -0.25) is 4.57 Å². The lowest BCUT2D eigenvalue weighted by Gasteiger charge is -2.09. The molecule has 4 nitrogen and oxygen atoms in total. The first kappa shape index (κ1) is 13.0. The van der Waals surface area contributed by atoms with Crippen LogP contribution in [0.2, 0.25) is 5.02 Å². The topological polar surface area (TPSA) is 43.6 Å². The number of nitrogens with zero attached hydrogens (tertiary/aromatic N) is 4. The predicted octanol–water partition coefficient (Wildman–Crippen LogP) is 4.14. The smallest absolute Gasteiger partial charge is 0.144 e. The number of rotatable bonds is 2. The molecule has 0 aliphatic carbocycles. The SMILES string of the molecule is Clc1ccc(-c2nccn2-c2ccc3ncncc3c2)cc1. The second-order valence-electron chi connectivity index (χ2n) is 4.89. The summed E-state index contributed by atoms with van der Waals surface area (Å²) in [5, 5.41) is 1.71. The quantitative estimate of drug-likeness (QED) is 0.559. The summed E-state index contributed by atoms with van der Waals surface area (Å²) in [6.07, 6.45) is 7.09. The van der Waals surface area contributed by atoms with Gasteiger partial charge in [0.05, 0.1) is 5.52 Å². The molecule has 0 saturated heterocycles. The van der Waals surface area contributed by atoms with Crippen molar-refractivity contribution in [3.63, 3.8) is 0 Å². The molecule has 0 spiro atoms. The van der Waals surface area contributed by atoms with Crippen LogP contribution in [0.15, 0.2) is 67.4 Å². The maximum atomic E-state index is 5.95. The minimum absolute atomic E-state index is 0.713. The van der Waals surface area contributed by atoms with Crippen LogP contribution in [-0.4, -0.2) is 19.5 Å². The number of halogens is 1. The van der Waals surface area contributed by atoms with E-state index < -0.39 is 0 Å². The second-order valence-corrected chi connectivity index (χ2v) is 5.33. The summed E-state index contributed by atoms with van der Waals surface area (Å²) >= 11 is 5.95. The van der Waals surface area contributed by atoms with Gasteiger partial charge in [0.1, 0.15) is 12.2 Å². The van der Waals surface area contributed by atoms with E-state index in [9.17, 15) is 0 Å². The van der Waals surface area contributed by atoms with Crippen molar-refractivity contribution in [1.82, 2.24) is 19.5 Å². The molecule has 2 aromatic carbocycles. The lowest BCUT2D eigenvalue weighted by molar-refractivity contribution is 1.07. The molecular weight excluding hydrogens is 296 g/mol. The molecule has 2 heterocycles. The lowest BCUT2D eigenvalue weighted by Crippen LogP contribution is -1.96. The second kappa shape index (κ2) is 5.24. The number of benzene rings is 2. The Labute approximate surface area is 132 Å². The highest BCUT2D eigenvalue weighted by atomic mass is 35.5. The largest absolute Gasteiger partial charge is 0.300 e. The fraction of sp³-hybridized carbons (Fsp3) is 0. The Kier molecular flexibility index (Phi) is 3.09. The third-order valence-corrected chi connectivity index (χ3v) is 3.76. The molecule has 106 valence electrons. The van der Waals surface area contributed by atoms with Crippen molar-refractivity contribution in [3.8, 4) is 17.1 Å². The summed E-state index contributed by atoms with van der Waals surface area (Å²) in [4.78, 5) is 12.8. The highest BCUT2D eigenvalue weighted by molar-refractivity contribution is 6.30. The maximum absolute atomic E-state index is 5.95.